The van der Waals surface area contributed by atoms with E-state index in [9.17, 15) is 14.0 Å². The van der Waals surface area contributed by atoms with E-state index in [1.807, 2.05) is 24.5 Å². The molecule has 1 saturated heterocycles. The molecule has 5 nitrogen and oxygen atoms in total. The molecule has 0 unspecified atom stereocenters. The average molecular weight is 406 g/mol. The quantitative estimate of drug-likeness (QED) is 0.436. The molecule has 0 N–H and O–H groups in total. The van der Waals surface area contributed by atoms with Gasteiger partial charge in [0, 0.05) is 31.2 Å². The van der Waals surface area contributed by atoms with Gasteiger partial charge in [-0.2, -0.15) is 0 Å². The summed E-state index contributed by atoms with van der Waals surface area (Å²) in [5.74, 6) is -1.39. The second kappa shape index (κ2) is 6.90. The van der Waals surface area contributed by atoms with Crippen molar-refractivity contribution in [1.29, 1.82) is 0 Å². The number of halogens is 2. The fraction of sp³-hybridized carbons (Fsp3) is 0.211. The second-order valence-corrected chi connectivity index (χ2v) is 7.10. The molecule has 0 bridgehead atoms. The minimum absolute atomic E-state index is 0.0225. The number of thiocarbonyl (C=S) groups is 1. The number of hydrogen-bond acceptors (Lipinski definition) is 3. The SMILES string of the molecule is Cc1cc(C=C2C(=O)N(C)C(=S)N(C)C2=O)c(C)n1-c1ccc(F)c(Cl)c1. The molecule has 1 aliphatic rings. The summed E-state index contributed by atoms with van der Waals surface area (Å²) in [6, 6.07) is 6.31. The molecular weight excluding hydrogens is 389 g/mol. The third-order valence-corrected chi connectivity index (χ3v) is 5.41. The van der Waals surface area contributed by atoms with Crippen LogP contribution in [0, 0.1) is 19.7 Å². The lowest BCUT2D eigenvalue weighted by Gasteiger charge is -2.31. The highest BCUT2D eigenvalue weighted by atomic mass is 35.5. The Morgan fingerprint density at radius 1 is 1.07 bits per heavy atom. The summed E-state index contributed by atoms with van der Waals surface area (Å²) in [7, 11) is 3.07. The molecule has 27 heavy (non-hydrogen) atoms. The molecule has 3 rings (SSSR count). The Morgan fingerprint density at radius 3 is 2.22 bits per heavy atom. The number of nitrogens with zero attached hydrogens (tertiary/aromatic N) is 3. The number of aryl methyl sites for hydroxylation is 1. The lowest BCUT2D eigenvalue weighted by atomic mass is 10.1. The summed E-state index contributed by atoms with van der Waals surface area (Å²) in [6.45, 7) is 3.73. The highest BCUT2D eigenvalue weighted by Gasteiger charge is 2.35. The van der Waals surface area contributed by atoms with E-state index < -0.39 is 17.6 Å². The topological polar surface area (TPSA) is 45.6 Å². The van der Waals surface area contributed by atoms with E-state index in [0.29, 0.717) is 11.3 Å². The molecule has 0 aliphatic carbocycles. The molecule has 0 spiro atoms. The van der Waals surface area contributed by atoms with Crippen molar-refractivity contribution in [1.82, 2.24) is 14.4 Å². The van der Waals surface area contributed by atoms with Gasteiger partial charge in [-0.25, -0.2) is 4.39 Å². The van der Waals surface area contributed by atoms with Gasteiger partial charge in [-0.15, -0.1) is 0 Å². The second-order valence-electron chi connectivity index (χ2n) is 6.33. The Hall–Kier alpha value is -2.51. The Bertz CT molecular complexity index is 1000. The number of aromatic nitrogens is 1. The molecule has 0 radical (unpaired) electrons. The van der Waals surface area contributed by atoms with Crippen LogP contribution >= 0.6 is 23.8 Å². The van der Waals surface area contributed by atoms with Crippen LogP contribution in [0.5, 0.6) is 0 Å². The van der Waals surface area contributed by atoms with Gasteiger partial charge in [0.15, 0.2) is 5.11 Å². The molecule has 1 aromatic carbocycles. The highest BCUT2D eigenvalue weighted by molar-refractivity contribution is 7.80. The summed E-state index contributed by atoms with van der Waals surface area (Å²) in [6.07, 6.45) is 1.56. The smallest absolute Gasteiger partial charge is 0.265 e. The van der Waals surface area contributed by atoms with E-state index in [1.165, 1.54) is 36.0 Å². The zero-order valence-electron chi connectivity index (χ0n) is 15.2. The largest absolute Gasteiger partial charge is 0.318 e. The van der Waals surface area contributed by atoms with Gasteiger partial charge in [0.1, 0.15) is 11.4 Å². The van der Waals surface area contributed by atoms with Crippen LogP contribution in [0.25, 0.3) is 11.8 Å². The van der Waals surface area contributed by atoms with Crippen molar-refractivity contribution in [2.45, 2.75) is 13.8 Å². The van der Waals surface area contributed by atoms with Crippen molar-refractivity contribution in [2.24, 2.45) is 0 Å². The molecule has 0 atom stereocenters. The molecule has 1 aliphatic heterocycles. The molecule has 8 heteroatoms. The Labute approximate surface area is 166 Å². The van der Waals surface area contributed by atoms with Crippen molar-refractivity contribution in [3.05, 3.63) is 57.6 Å². The number of hydrogen-bond donors (Lipinski definition) is 0. The molecule has 2 aromatic rings. The first-order valence-corrected chi connectivity index (χ1v) is 8.88. The van der Waals surface area contributed by atoms with E-state index in [4.69, 9.17) is 23.8 Å². The number of carbonyl (C=O) groups is 2. The molecule has 2 heterocycles. The van der Waals surface area contributed by atoms with E-state index in [1.54, 1.807) is 12.1 Å². The van der Waals surface area contributed by atoms with Crippen molar-refractivity contribution in [3.63, 3.8) is 0 Å². The van der Waals surface area contributed by atoms with Gasteiger partial charge in [-0.1, -0.05) is 11.6 Å². The van der Waals surface area contributed by atoms with Gasteiger partial charge in [0.05, 0.1) is 5.02 Å². The fourth-order valence-corrected chi connectivity index (χ4v) is 3.43. The molecular formula is C19H17ClFN3O2S. The van der Waals surface area contributed by atoms with Crippen molar-refractivity contribution in [3.8, 4) is 5.69 Å². The first kappa shape index (κ1) is 19.3. The van der Waals surface area contributed by atoms with Crippen LogP contribution < -0.4 is 0 Å². The van der Waals surface area contributed by atoms with Crippen LogP contribution in [0.15, 0.2) is 29.8 Å². The van der Waals surface area contributed by atoms with Crippen LogP contribution in [0.2, 0.25) is 5.02 Å². The molecule has 0 saturated carbocycles. The van der Waals surface area contributed by atoms with Crippen molar-refractivity contribution in [2.75, 3.05) is 14.1 Å². The van der Waals surface area contributed by atoms with Gasteiger partial charge < -0.3 is 4.57 Å². The van der Waals surface area contributed by atoms with Gasteiger partial charge in [-0.3, -0.25) is 19.4 Å². The maximum atomic E-state index is 13.5. The lowest BCUT2D eigenvalue weighted by Crippen LogP contribution is -2.52. The number of amides is 2. The maximum Gasteiger partial charge on any atom is 0.265 e. The summed E-state index contributed by atoms with van der Waals surface area (Å²) in [5, 5.41) is 0.183. The first-order chi connectivity index (χ1) is 12.6. The standard InChI is InChI=1S/C19H17ClFN3O2S/c1-10-7-12(8-14-17(25)22(3)19(27)23(4)18(14)26)11(2)24(10)13-5-6-16(21)15(20)9-13/h5-9H,1-4H3. The normalized spacial score (nSPS) is 15.0. The van der Waals surface area contributed by atoms with Crippen molar-refractivity contribution >= 4 is 46.8 Å². The zero-order chi connectivity index (χ0) is 20.0. The van der Waals surface area contributed by atoms with Crippen LogP contribution in [0.1, 0.15) is 17.0 Å². The summed E-state index contributed by atoms with van der Waals surface area (Å²) in [5.41, 5.74) is 3.08. The molecule has 1 aromatic heterocycles. The maximum absolute atomic E-state index is 13.5. The summed E-state index contributed by atoms with van der Waals surface area (Å²) < 4.78 is 15.4. The minimum Gasteiger partial charge on any atom is -0.318 e. The Morgan fingerprint density at radius 2 is 1.67 bits per heavy atom. The third-order valence-electron chi connectivity index (χ3n) is 4.58. The van der Waals surface area contributed by atoms with Gasteiger partial charge in [-0.05, 0) is 62.0 Å². The zero-order valence-corrected chi connectivity index (χ0v) is 16.8. The first-order valence-electron chi connectivity index (χ1n) is 8.09. The molecule has 1 fully saturated rings. The average Bonchev–Trinajstić information content (AvgIpc) is 2.91. The number of carbonyl (C=O) groups excluding carboxylic acids is 2. The third kappa shape index (κ3) is 3.17. The molecule has 140 valence electrons. The number of rotatable bonds is 2. The van der Waals surface area contributed by atoms with E-state index in [2.05, 4.69) is 0 Å². The fourth-order valence-electron chi connectivity index (χ4n) is 3.09. The van der Waals surface area contributed by atoms with Crippen LogP contribution in [-0.4, -0.2) is 45.4 Å². The van der Waals surface area contributed by atoms with Crippen LogP contribution in [0.4, 0.5) is 4.39 Å². The number of likely N-dealkylation sites (N-methyl/N-ethyl adjacent to an activating group) is 2. The summed E-state index contributed by atoms with van der Waals surface area (Å²) >= 11 is 11.0. The van der Waals surface area contributed by atoms with Crippen molar-refractivity contribution < 1.29 is 14.0 Å². The number of benzene rings is 1. The Kier molecular flexibility index (Phi) is 4.92. The van der Waals surface area contributed by atoms with Crippen LogP contribution in [-0.2, 0) is 9.59 Å². The van der Waals surface area contributed by atoms with Gasteiger partial charge >= 0.3 is 0 Å². The highest BCUT2D eigenvalue weighted by Crippen LogP contribution is 2.27. The van der Waals surface area contributed by atoms with Crippen LogP contribution in [0.3, 0.4) is 0 Å². The predicted octanol–water partition coefficient (Wildman–Crippen LogP) is 3.49. The van der Waals surface area contributed by atoms with E-state index >= 15 is 0 Å². The van der Waals surface area contributed by atoms with Gasteiger partial charge in [0.25, 0.3) is 11.8 Å². The molecule has 2 amide bonds. The van der Waals surface area contributed by atoms with E-state index in [-0.39, 0.29) is 15.7 Å². The Balaban J connectivity index is 2.10. The summed E-state index contributed by atoms with van der Waals surface area (Å²) in [4.78, 5) is 27.5. The predicted molar refractivity (Wildman–Crippen MR) is 106 cm³/mol. The van der Waals surface area contributed by atoms with Gasteiger partial charge in [0.2, 0.25) is 0 Å². The van der Waals surface area contributed by atoms with E-state index in [0.717, 1.165) is 11.4 Å². The lowest BCUT2D eigenvalue weighted by molar-refractivity contribution is -0.132. The monoisotopic (exact) mass is 405 g/mol. The minimum atomic E-state index is -0.495.